The van der Waals surface area contributed by atoms with Gasteiger partial charge in [-0.3, -0.25) is 0 Å². The van der Waals surface area contributed by atoms with E-state index < -0.39 is 24.9 Å². The minimum Gasteiger partial charge on any atom is -0.394 e. The van der Waals surface area contributed by atoms with Crippen LogP contribution in [0.2, 0.25) is 0 Å². The number of hydrogen-bond donors (Lipinski definition) is 4. The summed E-state index contributed by atoms with van der Waals surface area (Å²) in [6.07, 6.45) is -3.62. The minimum atomic E-state index is -1.33. The molecule has 0 radical (unpaired) electrons. The van der Waals surface area contributed by atoms with E-state index in [4.69, 9.17) is 20.4 Å². The molecule has 5 heteroatoms. The zero-order valence-corrected chi connectivity index (χ0v) is 6.74. The highest BCUT2D eigenvalue weighted by molar-refractivity contribution is 7.78. The first kappa shape index (κ1) is 10.9. The Balaban J connectivity index is 3.79. The molecule has 0 saturated heterocycles. The van der Waals surface area contributed by atoms with Crippen molar-refractivity contribution in [2.75, 3.05) is 6.61 Å². The second-order valence-corrected chi connectivity index (χ2v) is 2.54. The molecule has 0 saturated carbocycles. The van der Waals surface area contributed by atoms with Gasteiger partial charge in [-0.15, -0.1) is 0 Å². The maximum Gasteiger partial charge on any atom is 0.108 e. The van der Waals surface area contributed by atoms with Crippen molar-refractivity contribution >= 4 is 17.6 Å². The zero-order chi connectivity index (χ0) is 8.85. The molecule has 0 bridgehead atoms. The van der Waals surface area contributed by atoms with Gasteiger partial charge in [-0.1, -0.05) is 12.2 Å². The molecule has 0 fully saturated rings. The molecule has 11 heavy (non-hydrogen) atoms. The lowest BCUT2D eigenvalue weighted by Crippen LogP contribution is -2.39. The molecule has 0 amide bonds. The highest BCUT2D eigenvalue weighted by atomic mass is 32.1. The van der Waals surface area contributed by atoms with Crippen molar-refractivity contribution in [3.05, 3.63) is 0 Å². The number of thiocarbonyl (C=S) groups is 1. The standard InChI is InChI=1S/C6H12O4S/c7-3-5(9)6(10)4(8)1-2-11/h2,4-10H,1,3H2/t4-,5-,6+/m1/s1. The summed E-state index contributed by atoms with van der Waals surface area (Å²) in [5.74, 6) is 0. The van der Waals surface area contributed by atoms with Crippen LogP contribution in [0.15, 0.2) is 0 Å². The highest BCUT2D eigenvalue weighted by Gasteiger charge is 2.22. The fraction of sp³-hybridized carbons (Fsp3) is 0.833. The molecule has 0 spiro atoms. The van der Waals surface area contributed by atoms with E-state index in [1.54, 1.807) is 0 Å². The van der Waals surface area contributed by atoms with Gasteiger partial charge >= 0.3 is 0 Å². The van der Waals surface area contributed by atoms with E-state index in [1.807, 2.05) is 0 Å². The summed E-state index contributed by atoms with van der Waals surface area (Å²) in [4.78, 5) is 0. The normalized spacial score (nSPS) is 18.9. The van der Waals surface area contributed by atoms with Crippen LogP contribution in [0.3, 0.4) is 0 Å². The summed E-state index contributed by atoms with van der Waals surface area (Å²) >= 11 is 4.43. The van der Waals surface area contributed by atoms with Crippen LogP contribution in [-0.4, -0.2) is 50.7 Å². The van der Waals surface area contributed by atoms with Crippen LogP contribution >= 0.6 is 12.2 Å². The van der Waals surface area contributed by atoms with Gasteiger partial charge in [0.1, 0.15) is 12.2 Å². The molecule has 4 N–H and O–H groups in total. The Hall–Kier alpha value is -0.0700. The zero-order valence-electron chi connectivity index (χ0n) is 5.92. The Morgan fingerprint density at radius 2 is 1.73 bits per heavy atom. The fourth-order valence-electron chi connectivity index (χ4n) is 0.602. The van der Waals surface area contributed by atoms with Crippen LogP contribution < -0.4 is 0 Å². The topological polar surface area (TPSA) is 80.9 Å². The first-order valence-corrected chi connectivity index (χ1v) is 3.69. The number of rotatable bonds is 5. The van der Waals surface area contributed by atoms with E-state index in [1.165, 1.54) is 5.37 Å². The van der Waals surface area contributed by atoms with Crippen molar-refractivity contribution in [2.24, 2.45) is 0 Å². The summed E-state index contributed by atoms with van der Waals surface area (Å²) < 4.78 is 0. The SMILES string of the molecule is OC[C@@H](O)[C@@H](O)[C@H](O)CC=S. The van der Waals surface area contributed by atoms with Crippen molar-refractivity contribution < 1.29 is 20.4 Å². The van der Waals surface area contributed by atoms with E-state index >= 15 is 0 Å². The molecule has 0 aliphatic heterocycles. The summed E-state index contributed by atoms with van der Waals surface area (Å²) in [5.41, 5.74) is 0. The average molecular weight is 180 g/mol. The van der Waals surface area contributed by atoms with Crippen molar-refractivity contribution in [3.8, 4) is 0 Å². The third kappa shape index (κ3) is 3.74. The Morgan fingerprint density at radius 1 is 1.18 bits per heavy atom. The van der Waals surface area contributed by atoms with Crippen molar-refractivity contribution in [2.45, 2.75) is 24.7 Å². The van der Waals surface area contributed by atoms with Crippen LogP contribution in [0.5, 0.6) is 0 Å². The van der Waals surface area contributed by atoms with E-state index in [0.29, 0.717) is 0 Å². The van der Waals surface area contributed by atoms with Gasteiger partial charge in [-0.25, -0.2) is 0 Å². The average Bonchev–Trinajstić information content (AvgIpc) is 2.02. The summed E-state index contributed by atoms with van der Waals surface area (Å²) in [6.45, 7) is -0.574. The lowest BCUT2D eigenvalue weighted by molar-refractivity contribution is -0.0730. The predicted molar refractivity (Wildman–Crippen MR) is 43.4 cm³/mol. The molecule has 0 aromatic heterocycles. The Kier molecular flexibility index (Phi) is 5.53. The van der Waals surface area contributed by atoms with E-state index in [2.05, 4.69) is 12.2 Å². The van der Waals surface area contributed by atoms with Gasteiger partial charge in [0.15, 0.2) is 0 Å². The predicted octanol–water partition coefficient (Wildman–Crippen LogP) is -1.55. The highest BCUT2D eigenvalue weighted by Crippen LogP contribution is 2.02. The molecule has 0 rings (SSSR count). The third-order valence-electron chi connectivity index (χ3n) is 1.31. The minimum absolute atomic E-state index is 0.119. The fourth-order valence-corrected chi connectivity index (χ4v) is 0.800. The van der Waals surface area contributed by atoms with E-state index in [-0.39, 0.29) is 6.42 Å². The maximum absolute atomic E-state index is 9.00. The Morgan fingerprint density at radius 3 is 2.09 bits per heavy atom. The molecule has 0 aliphatic rings. The molecule has 3 atom stereocenters. The lowest BCUT2D eigenvalue weighted by Gasteiger charge is -2.19. The van der Waals surface area contributed by atoms with Crippen molar-refractivity contribution in [1.82, 2.24) is 0 Å². The quantitative estimate of drug-likeness (QED) is 0.385. The molecule has 0 heterocycles. The van der Waals surface area contributed by atoms with Crippen LogP contribution in [-0.2, 0) is 0 Å². The molecule has 0 unspecified atom stereocenters. The summed E-state index contributed by atoms with van der Waals surface area (Å²) in [5, 5.41) is 36.4. The lowest BCUT2D eigenvalue weighted by atomic mass is 10.1. The van der Waals surface area contributed by atoms with Gasteiger partial charge in [0.05, 0.1) is 12.7 Å². The second kappa shape index (κ2) is 5.56. The van der Waals surface area contributed by atoms with Gasteiger partial charge < -0.3 is 20.4 Å². The largest absolute Gasteiger partial charge is 0.394 e. The smallest absolute Gasteiger partial charge is 0.108 e. The van der Waals surface area contributed by atoms with Crippen LogP contribution in [0, 0.1) is 0 Å². The first-order valence-electron chi connectivity index (χ1n) is 3.22. The van der Waals surface area contributed by atoms with Gasteiger partial charge in [0.25, 0.3) is 0 Å². The Labute approximate surface area is 70.1 Å². The van der Waals surface area contributed by atoms with Gasteiger partial charge in [-0.2, -0.15) is 0 Å². The number of aliphatic hydroxyl groups excluding tert-OH is 4. The molecule has 4 nitrogen and oxygen atoms in total. The third-order valence-corrected chi connectivity index (χ3v) is 1.51. The Bertz CT molecular complexity index is 119. The maximum atomic E-state index is 9.00. The van der Waals surface area contributed by atoms with Crippen molar-refractivity contribution in [1.29, 1.82) is 0 Å². The van der Waals surface area contributed by atoms with E-state index in [0.717, 1.165) is 0 Å². The van der Waals surface area contributed by atoms with E-state index in [9.17, 15) is 0 Å². The number of aliphatic hydroxyl groups is 4. The molecular formula is C6H12O4S. The molecular weight excluding hydrogens is 168 g/mol. The van der Waals surface area contributed by atoms with Crippen molar-refractivity contribution in [3.63, 3.8) is 0 Å². The van der Waals surface area contributed by atoms with Crippen LogP contribution in [0.4, 0.5) is 0 Å². The summed E-state index contributed by atoms with van der Waals surface area (Å²) in [7, 11) is 0. The monoisotopic (exact) mass is 180 g/mol. The van der Waals surface area contributed by atoms with Crippen LogP contribution in [0.1, 0.15) is 6.42 Å². The first-order chi connectivity index (χ1) is 5.13. The second-order valence-electron chi connectivity index (χ2n) is 2.21. The van der Waals surface area contributed by atoms with Gasteiger partial charge in [-0.05, 0) is 5.37 Å². The molecule has 66 valence electrons. The molecule has 0 aromatic rings. The number of hydrogen-bond acceptors (Lipinski definition) is 5. The van der Waals surface area contributed by atoms with Gasteiger partial charge in [0, 0.05) is 6.42 Å². The van der Waals surface area contributed by atoms with Gasteiger partial charge in [0.2, 0.25) is 0 Å². The molecule has 0 aromatic carbocycles. The van der Waals surface area contributed by atoms with Crippen LogP contribution in [0.25, 0.3) is 0 Å². The summed E-state index contributed by atoms with van der Waals surface area (Å²) in [6, 6.07) is 0. The molecule has 0 aliphatic carbocycles.